The maximum absolute atomic E-state index is 13.9. The van der Waals surface area contributed by atoms with E-state index < -0.39 is 15.8 Å². The Morgan fingerprint density at radius 3 is 2.70 bits per heavy atom. The number of aromatic nitrogens is 2. The summed E-state index contributed by atoms with van der Waals surface area (Å²) in [5.74, 6) is -0.847. The van der Waals surface area contributed by atoms with E-state index in [1.165, 1.54) is 33.6 Å². The van der Waals surface area contributed by atoms with E-state index in [0.717, 1.165) is 0 Å². The Kier molecular flexibility index (Phi) is 5.83. The van der Waals surface area contributed by atoms with Gasteiger partial charge in [0.25, 0.3) is 0 Å². The van der Waals surface area contributed by atoms with Crippen LogP contribution in [0.4, 0.5) is 10.1 Å². The number of amides is 1. The third-order valence-corrected chi connectivity index (χ3v) is 6.23. The molecule has 0 bridgehead atoms. The molecule has 3 rings (SSSR count). The Morgan fingerprint density at radius 2 is 2.07 bits per heavy atom. The van der Waals surface area contributed by atoms with Crippen LogP contribution in [0.15, 0.2) is 30.6 Å². The second kappa shape index (κ2) is 7.95. The van der Waals surface area contributed by atoms with Crippen molar-refractivity contribution in [3.05, 3.63) is 47.0 Å². The summed E-state index contributed by atoms with van der Waals surface area (Å²) >= 11 is 6.02. The predicted octanol–water partition coefficient (Wildman–Crippen LogP) is 2.33. The molecule has 0 radical (unpaired) electrons. The average molecular weight is 415 g/mol. The Hall–Kier alpha value is -1.97. The molecule has 2 aromatic rings. The topological polar surface area (TPSA) is 84.3 Å². The SMILES string of the molecule is CS(=O)(=O)N1CCC(C(=O)Nc2cnn(Cc3c(F)cccc3Cl)c2)CC1. The van der Waals surface area contributed by atoms with Gasteiger partial charge < -0.3 is 5.32 Å². The molecule has 1 amide bonds. The largest absolute Gasteiger partial charge is 0.323 e. The smallest absolute Gasteiger partial charge is 0.227 e. The molecule has 10 heteroatoms. The number of nitrogens with zero attached hydrogens (tertiary/aromatic N) is 3. The average Bonchev–Trinajstić information content (AvgIpc) is 3.05. The summed E-state index contributed by atoms with van der Waals surface area (Å²) in [5.41, 5.74) is 0.825. The van der Waals surface area contributed by atoms with Crippen molar-refractivity contribution in [2.24, 2.45) is 5.92 Å². The van der Waals surface area contributed by atoms with Crippen LogP contribution in [0, 0.1) is 11.7 Å². The molecule has 27 heavy (non-hydrogen) atoms. The lowest BCUT2D eigenvalue weighted by Crippen LogP contribution is -2.40. The van der Waals surface area contributed by atoms with Gasteiger partial charge in [0.05, 0.1) is 24.7 Å². The van der Waals surface area contributed by atoms with E-state index in [2.05, 4.69) is 10.4 Å². The molecule has 0 aliphatic carbocycles. The molecule has 0 spiro atoms. The number of sulfonamides is 1. The first-order valence-electron chi connectivity index (χ1n) is 8.45. The number of hydrogen-bond acceptors (Lipinski definition) is 4. The van der Waals surface area contributed by atoms with E-state index in [1.54, 1.807) is 12.3 Å². The summed E-state index contributed by atoms with van der Waals surface area (Å²) in [5, 5.41) is 7.22. The first-order valence-corrected chi connectivity index (χ1v) is 10.7. The number of halogens is 2. The highest BCUT2D eigenvalue weighted by atomic mass is 35.5. The maximum Gasteiger partial charge on any atom is 0.227 e. The fourth-order valence-electron chi connectivity index (χ4n) is 3.05. The number of piperidine rings is 1. The first kappa shape index (κ1) is 19.8. The second-order valence-electron chi connectivity index (χ2n) is 6.55. The lowest BCUT2D eigenvalue weighted by atomic mass is 9.97. The molecule has 0 atom stereocenters. The van der Waals surface area contributed by atoms with Crippen LogP contribution in [-0.2, 0) is 21.4 Å². The molecule has 1 fully saturated rings. The minimum absolute atomic E-state index is 0.147. The van der Waals surface area contributed by atoms with Gasteiger partial charge in [-0.25, -0.2) is 17.1 Å². The quantitative estimate of drug-likeness (QED) is 0.813. The number of hydrogen-bond donors (Lipinski definition) is 1. The maximum atomic E-state index is 13.9. The summed E-state index contributed by atoms with van der Waals surface area (Å²) < 4.78 is 39.8. The van der Waals surface area contributed by atoms with Crippen molar-refractivity contribution < 1.29 is 17.6 Å². The van der Waals surface area contributed by atoms with Gasteiger partial charge in [-0.1, -0.05) is 17.7 Å². The molecule has 0 saturated carbocycles. The molecule has 1 aromatic heterocycles. The number of carbonyl (C=O) groups excluding carboxylic acids is 1. The van der Waals surface area contributed by atoms with Gasteiger partial charge >= 0.3 is 0 Å². The van der Waals surface area contributed by atoms with Gasteiger partial charge in [0, 0.05) is 35.8 Å². The molecule has 1 N–H and O–H groups in total. The van der Waals surface area contributed by atoms with Crippen molar-refractivity contribution in [2.45, 2.75) is 19.4 Å². The van der Waals surface area contributed by atoms with Crippen molar-refractivity contribution in [1.29, 1.82) is 0 Å². The highest BCUT2D eigenvalue weighted by Crippen LogP contribution is 2.22. The minimum Gasteiger partial charge on any atom is -0.323 e. The number of carbonyl (C=O) groups is 1. The van der Waals surface area contributed by atoms with E-state index in [-0.39, 0.29) is 18.4 Å². The molecular formula is C17H20ClFN4O3S. The third kappa shape index (κ3) is 4.85. The number of rotatable bonds is 5. The molecular weight excluding hydrogens is 395 g/mol. The summed E-state index contributed by atoms with van der Waals surface area (Å²) in [6.07, 6.45) is 5.20. The molecule has 2 heterocycles. The summed E-state index contributed by atoms with van der Waals surface area (Å²) in [7, 11) is -3.22. The number of anilines is 1. The monoisotopic (exact) mass is 414 g/mol. The van der Waals surface area contributed by atoms with Crippen LogP contribution in [0.25, 0.3) is 0 Å². The van der Waals surface area contributed by atoms with Gasteiger partial charge in [-0.2, -0.15) is 5.10 Å². The van der Waals surface area contributed by atoms with Gasteiger partial charge in [0.1, 0.15) is 5.82 Å². The van der Waals surface area contributed by atoms with Gasteiger partial charge in [0.2, 0.25) is 15.9 Å². The van der Waals surface area contributed by atoms with Gasteiger partial charge in [-0.05, 0) is 25.0 Å². The lowest BCUT2D eigenvalue weighted by Gasteiger charge is -2.29. The lowest BCUT2D eigenvalue weighted by molar-refractivity contribution is -0.120. The van der Waals surface area contributed by atoms with Crippen molar-refractivity contribution in [3.8, 4) is 0 Å². The van der Waals surface area contributed by atoms with Crippen LogP contribution in [-0.4, -0.2) is 47.8 Å². The predicted molar refractivity (Wildman–Crippen MR) is 101 cm³/mol. The van der Waals surface area contributed by atoms with Gasteiger partial charge in [0.15, 0.2) is 0 Å². The molecule has 1 aliphatic heterocycles. The third-order valence-electron chi connectivity index (χ3n) is 4.58. The van der Waals surface area contributed by atoms with Crippen LogP contribution >= 0.6 is 11.6 Å². The van der Waals surface area contributed by atoms with Crippen molar-refractivity contribution in [3.63, 3.8) is 0 Å². The van der Waals surface area contributed by atoms with Gasteiger partial charge in [-0.15, -0.1) is 0 Å². The fourth-order valence-corrected chi connectivity index (χ4v) is 4.15. The second-order valence-corrected chi connectivity index (χ2v) is 8.94. The van der Waals surface area contributed by atoms with Crippen LogP contribution in [0.3, 0.4) is 0 Å². The Balaban J connectivity index is 1.59. The van der Waals surface area contributed by atoms with E-state index >= 15 is 0 Å². The normalized spacial score (nSPS) is 16.4. The molecule has 7 nitrogen and oxygen atoms in total. The molecule has 146 valence electrons. The molecule has 1 aromatic carbocycles. The van der Waals surface area contributed by atoms with Crippen LogP contribution in [0.5, 0.6) is 0 Å². The van der Waals surface area contributed by atoms with Crippen LogP contribution in [0.1, 0.15) is 18.4 Å². The van der Waals surface area contributed by atoms with Gasteiger partial charge in [-0.3, -0.25) is 9.48 Å². The standard InChI is InChI=1S/C17H20ClFN4O3S/c1-27(25,26)23-7-5-12(6-8-23)17(24)21-13-9-20-22(10-13)11-14-15(18)3-2-4-16(14)19/h2-4,9-10,12H,5-8,11H2,1H3,(H,21,24). The summed E-state index contributed by atoms with van der Waals surface area (Å²) in [4.78, 5) is 12.4. The zero-order valence-electron chi connectivity index (χ0n) is 14.7. The van der Waals surface area contributed by atoms with Crippen molar-refractivity contribution in [2.75, 3.05) is 24.7 Å². The number of nitrogens with one attached hydrogen (secondary N) is 1. The van der Waals surface area contributed by atoms with Crippen molar-refractivity contribution in [1.82, 2.24) is 14.1 Å². The first-order chi connectivity index (χ1) is 12.7. The number of benzene rings is 1. The molecule has 1 aliphatic rings. The zero-order valence-corrected chi connectivity index (χ0v) is 16.3. The Bertz CT molecular complexity index is 919. The van der Waals surface area contributed by atoms with Crippen molar-refractivity contribution >= 4 is 33.2 Å². The summed E-state index contributed by atoms with van der Waals surface area (Å²) in [6.45, 7) is 0.818. The van der Waals surface area contributed by atoms with Crippen LogP contribution in [0.2, 0.25) is 5.02 Å². The minimum atomic E-state index is -3.22. The van der Waals surface area contributed by atoms with E-state index in [0.29, 0.717) is 42.2 Å². The van der Waals surface area contributed by atoms with E-state index in [9.17, 15) is 17.6 Å². The molecule has 1 saturated heterocycles. The molecule has 0 unspecified atom stereocenters. The highest BCUT2D eigenvalue weighted by molar-refractivity contribution is 7.88. The highest BCUT2D eigenvalue weighted by Gasteiger charge is 2.29. The van der Waals surface area contributed by atoms with E-state index in [1.807, 2.05) is 0 Å². The van der Waals surface area contributed by atoms with Crippen LogP contribution < -0.4 is 5.32 Å². The van der Waals surface area contributed by atoms with E-state index in [4.69, 9.17) is 11.6 Å². The Labute approximate surface area is 162 Å². The summed E-state index contributed by atoms with van der Waals surface area (Å²) in [6, 6.07) is 4.47. The fraction of sp³-hybridized carbons (Fsp3) is 0.412. The Morgan fingerprint density at radius 1 is 1.37 bits per heavy atom. The zero-order chi connectivity index (χ0) is 19.6.